The van der Waals surface area contributed by atoms with Crippen LogP contribution in [-0.2, 0) is 10.0 Å². The Morgan fingerprint density at radius 2 is 1.97 bits per heavy atom. The third-order valence-electron chi connectivity index (χ3n) is 5.16. The lowest BCUT2D eigenvalue weighted by atomic mass is 9.88. The summed E-state index contributed by atoms with van der Waals surface area (Å²) in [6.45, 7) is 5.10. The van der Waals surface area contributed by atoms with Crippen molar-refractivity contribution in [2.24, 2.45) is 5.73 Å². The normalized spacial score (nSPS) is 13.7. The van der Waals surface area contributed by atoms with E-state index in [4.69, 9.17) is 21.8 Å². The highest BCUT2D eigenvalue weighted by Gasteiger charge is 2.33. The lowest BCUT2D eigenvalue weighted by Gasteiger charge is -2.25. The second-order valence-corrected chi connectivity index (χ2v) is 9.40. The van der Waals surface area contributed by atoms with Crippen LogP contribution < -0.4 is 16.2 Å². The first-order chi connectivity index (χ1) is 14.9. The van der Waals surface area contributed by atoms with Crippen molar-refractivity contribution in [3.8, 4) is 0 Å². The molecule has 32 heavy (non-hydrogen) atoms. The van der Waals surface area contributed by atoms with Gasteiger partial charge in [-0.05, 0) is 60.9 Å². The van der Waals surface area contributed by atoms with E-state index in [9.17, 15) is 22.4 Å². The molecule has 2 aromatic carbocycles. The number of benzene rings is 2. The molecule has 3 rings (SSSR count). The molecule has 9 nitrogen and oxygen atoms in total. The molecule has 0 radical (unpaired) electrons. The zero-order valence-corrected chi connectivity index (χ0v) is 18.8. The van der Waals surface area contributed by atoms with Gasteiger partial charge in [-0.3, -0.25) is 4.79 Å². The number of halogens is 2. The van der Waals surface area contributed by atoms with Crippen LogP contribution in [0.2, 0.25) is 5.02 Å². The van der Waals surface area contributed by atoms with Crippen molar-refractivity contribution in [3.63, 3.8) is 0 Å². The summed E-state index contributed by atoms with van der Waals surface area (Å²) in [6, 6.07) is 4.95. The number of rotatable bonds is 7. The maximum Gasteiger partial charge on any atom is 0.434 e. The van der Waals surface area contributed by atoms with E-state index in [0.717, 1.165) is 17.7 Å². The van der Waals surface area contributed by atoms with Gasteiger partial charge < -0.3 is 10.2 Å². The molecule has 0 aliphatic carbocycles. The Kier molecular flexibility index (Phi) is 6.54. The summed E-state index contributed by atoms with van der Waals surface area (Å²) in [5, 5.41) is 5.95. The second kappa shape index (κ2) is 8.85. The Bertz CT molecular complexity index is 1350. The number of carbonyl (C=O) groups is 1. The number of carbonyl (C=O) groups excluding carboxylic acids is 1. The summed E-state index contributed by atoms with van der Waals surface area (Å²) >= 11 is 5.87. The maximum absolute atomic E-state index is 14.1. The van der Waals surface area contributed by atoms with Gasteiger partial charge in [0.2, 0.25) is 21.8 Å². The fraction of sp³-hybridized carbons (Fsp3) is 0.250. The van der Waals surface area contributed by atoms with E-state index in [2.05, 4.69) is 14.9 Å². The third kappa shape index (κ3) is 4.74. The topological polar surface area (TPSA) is 148 Å². The molecule has 170 valence electrons. The van der Waals surface area contributed by atoms with Gasteiger partial charge in [0.15, 0.2) is 0 Å². The molecule has 0 aliphatic rings. The molecule has 1 aromatic heterocycles. The first-order valence-electron chi connectivity index (χ1n) is 9.34. The van der Waals surface area contributed by atoms with Crippen LogP contribution in [0.5, 0.6) is 0 Å². The molecule has 0 spiro atoms. The Labute approximate surface area is 187 Å². The van der Waals surface area contributed by atoms with E-state index in [1.54, 1.807) is 20.8 Å². The molecule has 1 amide bonds. The van der Waals surface area contributed by atoms with Crippen molar-refractivity contribution >= 4 is 27.5 Å². The van der Waals surface area contributed by atoms with Gasteiger partial charge in [0, 0.05) is 10.9 Å². The van der Waals surface area contributed by atoms with E-state index < -0.39 is 44.4 Å². The number of aromatic nitrogens is 2. The molecule has 3 aromatic rings. The molecule has 0 bridgehead atoms. The molecule has 12 heteroatoms. The van der Waals surface area contributed by atoms with Crippen LogP contribution >= 0.6 is 11.6 Å². The number of hydrogen-bond acceptors (Lipinski definition) is 6. The molecule has 4 N–H and O–H groups in total. The highest BCUT2D eigenvalue weighted by molar-refractivity contribution is 7.89. The van der Waals surface area contributed by atoms with Gasteiger partial charge >= 0.3 is 5.76 Å². The summed E-state index contributed by atoms with van der Waals surface area (Å²) in [5.41, 5.74) is 6.86. The number of nitrogens with zero attached hydrogens (tertiary/aromatic N) is 1. The minimum Gasteiger partial charge on any atom is -0.391 e. The molecule has 2 atom stereocenters. The lowest BCUT2D eigenvalue weighted by molar-refractivity contribution is 0.0997. The average molecular weight is 483 g/mol. The summed E-state index contributed by atoms with van der Waals surface area (Å²) in [7, 11) is -4.40. The quantitative estimate of drug-likeness (QED) is 0.471. The number of hydrogen-bond donors (Lipinski definition) is 3. The predicted molar refractivity (Wildman–Crippen MR) is 114 cm³/mol. The number of nitrogens with one attached hydrogen (secondary N) is 2. The van der Waals surface area contributed by atoms with Crippen LogP contribution in [0.3, 0.4) is 0 Å². The van der Waals surface area contributed by atoms with Crippen LogP contribution in [-0.4, -0.2) is 24.5 Å². The minimum atomic E-state index is -4.40. The standard InChI is InChI=1S/C20H20ClFN4O5S/c1-9-6-13(22)8-14(10(9)2)11(3)17(19-24-25-20(28)31-19)26-32(29,30)16-5-4-12(21)7-15(16)18(23)27/h4-8,11,17,26H,1-3H3,(H2,23,27)(H,25,28). The van der Waals surface area contributed by atoms with E-state index >= 15 is 0 Å². The van der Waals surface area contributed by atoms with Gasteiger partial charge in [-0.1, -0.05) is 18.5 Å². The van der Waals surface area contributed by atoms with Crippen LogP contribution in [0.25, 0.3) is 0 Å². The maximum atomic E-state index is 14.1. The van der Waals surface area contributed by atoms with Crippen LogP contribution in [0.15, 0.2) is 44.4 Å². The summed E-state index contributed by atoms with van der Waals surface area (Å²) < 4.78 is 48.0. The molecule has 0 aliphatic heterocycles. The molecule has 0 saturated heterocycles. The Hall–Kier alpha value is -3.02. The Morgan fingerprint density at radius 3 is 2.56 bits per heavy atom. The number of amides is 1. The highest BCUT2D eigenvalue weighted by atomic mass is 35.5. The number of primary amides is 1. The van der Waals surface area contributed by atoms with Crippen LogP contribution in [0, 0.1) is 19.7 Å². The summed E-state index contributed by atoms with van der Waals surface area (Å²) in [6.07, 6.45) is 0. The number of aromatic amines is 1. The van der Waals surface area contributed by atoms with Crippen molar-refractivity contribution in [2.75, 3.05) is 0 Å². The summed E-state index contributed by atoms with van der Waals surface area (Å²) in [5.74, 6) is -3.39. The number of nitrogens with two attached hydrogens (primary N) is 1. The lowest BCUT2D eigenvalue weighted by Crippen LogP contribution is -2.34. The zero-order chi connectivity index (χ0) is 23.8. The van der Waals surface area contributed by atoms with E-state index in [-0.39, 0.29) is 16.5 Å². The number of H-pyrrole nitrogens is 1. The van der Waals surface area contributed by atoms with Crippen LogP contribution in [0.4, 0.5) is 4.39 Å². The van der Waals surface area contributed by atoms with Gasteiger partial charge in [-0.15, -0.1) is 5.10 Å². The predicted octanol–water partition coefficient (Wildman–Crippen LogP) is 2.69. The summed E-state index contributed by atoms with van der Waals surface area (Å²) in [4.78, 5) is 22.9. The molecular formula is C20H20ClFN4O5S. The molecular weight excluding hydrogens is 463 g/mol. The minimum absolute atomic E-state index is 0.117. The van der Waals surface area contributed by atoms with E-state index in [1.165, 1.54) is 18.2 Å². The van der Waals surface area contributed by atoms with Crippen molar-refractivity contribution in [1.82, 2.24) is 14.9 Å². The van der Waals surface area contributed by atoms with Crippen molar-refractivity contribution in [2.45, 2.75) is 37.6 Å². The van der Waals surface area contributed by atoms with Gasteiger partial charge in [-0.2, -0.15) is 4.72 Å². The van der Waals surface area contributed by atoms with Gasteiger partial charge in [0.05, 0.1) is 10.5 Å². The van der Waals surface area contributed by atoms with Crippen molar-refractivity contribution in [3.05, 3.63) is 79.9 Å². The zero-order valence-electron chi connectivity index (χ0n) is 17.3. The fourth-order valence-corrected chi connectivity index (χ4v) is 5.03. The van der Waals surface area contributed by atoms with E-state index in [0.29, 0.717) is 11.1 Å². The largest absolute Gasteiger partial charge is 0.434 e. The SMILES string of the molecule is Cc1cc(F)cc(C(C)C(NS(=O)(=O)c2ccc(Cl)cc2C(N)=O)c2n[nH]c(=O)o2)c1C. The molecule has 2 unspecified atom stereocenters. The highest BCUT2D eigenvalue weighted by Crippen LogP contribution is 2.34. The monoisotopic (exact) mass is 482 g/mol. The first kappa shape index (κ1) is 23.6. The molecule has 1 heterocycles. The number of sulfonamides is 1. The van der Waals surface area contributed by atoms with Crippen molar-refractivity contribution < 1.29 is 22.0 Å². The third-order valence-corrected chi connectivity index (χ3v) is 6.90. The van der Waals surface area contributed by atoms with Gasteiger partial charge in [0.25, 0.3) is 0 Å². The number of aryl methyl sites for hydroxylation is 1. The Balaban J connectivity index is 2.13. The van der Waals surface area contributed by atoms with Gasteiger partial charge in [0.1, 0.15) is 11.9 Å². The fourth-order valence-electron chi connectivity index (χ4n) is 3.39. The molecule has 0 saturated carbocycles. The smallest absolute Gasteiger partial charge is 0.391 e. The second-order valence-electron chi connectivity index (χ2n) is 7.28. The average Bonchev–Trinajstić information content (AvgIpc) is 3.14. The van der Waals surface area contributed by atoms with E-state index in [1.807, 2.05) is 0 Å². The molecule has 0 fully saturated rings. The van der Waals surface area contributed by atoms with Gasteiger partial charge in [-0.25, -0.2) is 22.7 Å². The van der Waals surface area contributed by atoms with Crippen molar-refractivity contribution in [1.29, 1.82) is 0 Å². The Morgan fingerprint density at radius 1 is 1.28 bits per heavy atom. The van der Waals surface area contributed by atoms with Crippen LogP contribution in [0.1, 0.15) is 51.8 Å². The first-order valence-corrected chi connectivity index (χ1v) is 11.2.